The first-order valence-electron chi connectivity index (χ1n) is 5.00. The SMILES string of the molecule is CC1CN(c2cncc(F)c2C=O)C1C. The third kappa shape index (κ3) is 1.50. The van der Waals surface area contributed by atoms with Crippen LogP contribution >= 0.6 is 0 Å². The normalized spacial score (nSPS) is 24.9. The fourth-order valence-electron chi connectivity index (χ4n) is 1.90. The quantitative estimate of drug-likeness (QED) is 0.696. The first kappa shape index (κ1) is 10.1. The first-order valence-corrected chi connectivity index (χ1v) is 5.00. The van der Waals surface area contributed by atoms with E-state index in [9.17, 15) is 9.18 Å². The maximum absolute atomic E-state index is 13.3. The topological polar surface area (TPSA) is 33.2 Å². The van der Waals surface area contributed by atoms with Gasteiger partial charge in [-0.25, -0.2) is 4.39 Å². The maximum Gasteiger partial charge on any atom is 0.155 e. The van der Waals surface area contributed by atoms with Gasteiger partial charge in [-0.3, -0.25) is 9.78 Å². The highest BCUT2D eigenvalue weighted by atomic mass is 19.1. The van der Waals surface area contributed by atoms with E-state index in [4.69, 9.17) is 0 Å². The van der Waals surface area contributed by atoms with Gasteiger partial charge < -0.3 is 4.90 Å². The fourth-order valence-corrected chi connectivity index (χ4v) is 1.90. The standard InChI is InChI=1S/C11H13FN2O/c1-7-5-14(8(7)2)11-4-13-3-10(12)9(11)6-15/h3-4,6-8H,5H2,1-2H3. The number of carbonyl (C=O) groups excluding carboxylic acids is 1. The summed E-state index contributed by atoms with van der Waals surface area (Å²) < 4.78 is 13.3. The number of hydrogen-bond acceptors (Lipinski definition) is 3. The molecule has 80 valence electrons. The summed E-state index contributed by atoms with van der Waals surface area (Å²) in [6.07, 6.45) is 3.18. The minimum atomic E-state index is -0.547. The van der Waals surface area contributed by atoms with Crippen LogP contribution in [0.3, 0.4) is 0 Å². The van der Waals surface area contributed by atoms with E-state index in [0.717, 1.165) is 12.7 Å². The van der Waals surface area contributed by atoms with Gasteiger partial charge in [-0.2, -0.15) is 0 Å². The van der Waals surface area contributed by atoms with Crippen molar-refractivity contribution in [1.82, 2.24) is 4.98 Å². The third-order valence-electron chi connectivity index (χ3n) is 3.15. The fraction of sp³-hybridized carbons (Fsp3) is 0.455. The molecule has 0 bridgehead atoms. The van der Waals surface area contributed by atoms with Crippen LogP contribution in [-0.4, -0.2) is 23.9 Å². The molecule has 0 radical (unpaired) electrons. The van der Waals surface area contributed by atoms with Gasteiger partial charge in [0.25, 0.3) is 0 Å². The summed E-state index contributed by atoms with van der Waals surface area (Å²) in [6, 6.07) is 0.340. The van der Waals surface area contributed by atoms with E-state index in [1.807, 2.05) is 4.90 Å². The van der Waals surface area contributed by atoms with E-state index in [1.54, 1.807) is 6.20 Å². The largest absolute Gasteiger partial charge is 0.366 e. The molecule has 1 aliphatic heterocycles. The summed E-state index contributed by atoms with van der Waals surface area (Å²) in [7, 11) is 0. The minimum absolute atomic E-state index is 0.115. The molecule has 0 saturated carbocycles. The van der Waals surface area contributed by atoms with Crippen LogP contribution in [-0.2, 0) is 0 Å². The molecule has 15 heavy (non-hydrogen) atoms. The molecule has 0 aromatic carbocycles. The molecular formula is C11H13FN2O. The van der Waals surface area contributed by atoms with Gasteiger partial charge in [-0.15, -0.1) is 0 Å². The lowest BCUT2D eigenvalue weighted by atomic mass is 9.91. The molecule has 0 aliphatic carbocycles. The van der Waals surface area contributed by atoms with Crippen molar-refractivity contribution in [3.63, 3.8) is 0 Å². The Bertz CT molecular complexity index is 394. The van der Waals surface area contributed by atoms with E-state index in [-0.39, 0.29) is 5.56 Å². The summed E-state index contributed by atoms with van der Waals surface area (Å²) >= 11 is 0. The predicted molar refractivity (Wildman–Crippen MR) is 55.6 cm³/mol. The lowest BCUT2D eigenvalue weighted by molar-refractivity contribution is 0.111. The second-order valence-corrected chi connectivity index (χ2v) is 4.04. The van der Waals surface area contributed by atoms with Crippen molar-refractivity contribution in [3.05, 3.63) is 23.8 Å². The molecule has 1 fully saturated rings. The highest BCUT2D eigenvalue weighted by Crippen LogP contribution is 2.32. The van der Waals surface area contributed by atoms with E-state index in [2.05, 4.69) is 18.8 Å². The second-order valence-electron chi connectivity index (χ2n) is 4.04. The lowest BCUT2D eigenvalue weighted by Gasteiger charge is -2.46. The zero-order valence-electron chi connectivity index (χ0n) is 8.77. The van der Waals surface area contributed by atoms with Crippen LogP contribution in [0, 0.1) is 11.7 Å². The third-order valence-corrected chi connectivity index (χ3v) is 3.15. The molecule has 1 aromatic rings. The second kappa shape index (κ2) is 3.61. The number of halogens is 1. The van der Waals surface area contributed by atoms with Crippen molar-refractivity contribution < 1.29 is 9.18 Å². The van der Waals surface area contributed by atoms with Crippen molar-refractivity contribution in [3.8, 4) is 0 Å². The monoisotopic (exact) mass is 208 g/mol. The molecule has 1 saturated heterocycles. The molecule has 2 rings (SSSR count). The smallest absolute Gasteiger partial charge is 0.155 e. The molecule has 0 spiro atoms. The van der Waals surface area contributed by atoms with E-state index < -0.39 is 5.82 Å². The van der Waals surface area contributed by atoms with Crippen LogP contribution in [0.1, 0.15) is 24.2 Å². The maximum atomic E-state index is 13.3. The Labute approximate surface area is 87.9 Å². The van der Waals surface area contributed by atoms with E-state index >= 15 is 0 Å². The Balaban J connectivity index is 2.36. The number of rotatable bonds is 2. The van der Waals surface area contributed by atoms with Gasteiger partial charge in [0, 0.05) is 12.6 Å². The van der Waals surface area contributed by atoms with Crippen molar-refractivity contribution in [1.29, 1.82) is 0 Å². The Morgan fingerprint density at radius 1 is 1.53 bits per heavy atom. The Morgan fingerprint density at radius 3 is 2.80 bits per heavy atom. The number of pyridine rings is 1. The summed E-state index contributed by atoms with van der Waals surface area (Å²) in [6.45, 7) is 5.05. The zero-order valence-corrected chi connectivity index (χ0v) is 8.77. The number of hydrogen-bond donors (Lipinski definition) is 0. The minimum Gasteiger partial charge on any atom is -0.366 e. The van der Waals surface area contributed by atoms with Gasteiger partial charge in [-0.1, -0.05) is 6.92 Å². The van der Waals surface area contributed by atoms with Gasteiger partial charge in [0.1, 0.15) is 0 Å². The molecule has 1 aliphatic rings. The number of aromatic nitrogens is 1. The van der Waals surface area contributed by atoms with Crippen LogP contribution in [0.25, 0.3) is 0 Å². The zero-order chi connectivity index (χ0) is 11.0. The summed E-state index contributed by atoms with van der Waals surface area (Å²) in [5.74, 6) is 0.0297. The van der Waals surface area contributed by atoms with Crippen LogP contribution < -0.4 is 4.90 Å². The highest BCUT2D eigenvalue weighted by Gasteiger charge is 2.33. The van der Waals surface area contributed by atoms with E-state index in [1.165, 1.54) is 0 Å². The average Bonchev–Trinajstić information content (AvgIpc) is 2.25. The van der Waals surface area contributed by atoms with Gasteiger partial charge >= 0.3 is 0 Å². The number of carbonyl (C=O) groups is 1. The van der Waals surface area contributed by atoms with Crippen molar-refractivity contribution >= 4 is 12.0 Å². The van der Waals surface area contributed by atoms with Crippen molar-refractivity contribution in [2.75, 3.05) is 11.4 Å². The lowest BCUT2D eigenvalue weighted by Crippen LogP contribution is -2.53. The summed E-state index contributed by atoms with van der Waals surface area (Å²) in [5.41, 5.74) is 0.722. The average molecular weight is 208 g/mol. The first-order chi connectivity index (χ1) is 7.15. The van der Waals surface area contributed by atoms with E-state index in [0.29, 0.717) is 23.9 Å². The predicted octanol–water partition coefficient (Wildman–Crippen LogP) is 1.88. The van der Waals surface area contributed by atoms with Crippen molar-refractivity contribution in [2.24, 2.45) is 5.92 Å². The number of anilines is 1. The Hall–Kier alpha value is -1.45. The molecule has 2 heterocycles. The summed E-state index contributed by atoms with van der Waals surface area (Å²) in [5, 5.41) is 0. The molecule has 2 unspecified atom stereocenters. The van der Waals surface area contributed by atoms with Gasteiger partial charge in [0.15, 0.2) is 12.1 Å². The number of aldehydes is 1. The number of nitrogens with zero attached hydrogens (tertiary/aromatic N) is 2. The molecule has 4 heteroatoms. The molecule has 3 nitrogen and oxygen atoms in total. The summed E-state index contributed by atoms with van der Waals surface area (Å²) in [4.78, 5) is 16.6. The van der Waals surface area contributed by atoms with Crippen molar-refractivity contribution in [2.45, 2.75) is 19.9 Å². The van der Waals surface area contributed by atoms with Gasteiger partial charge in [-0.05, 0) is 12.8 Å². The molecular weight excluding hydrogens is 195 g/mol. The Morgan fingerprint density at radius 2 is 2.27 bits per heavy atom. The molecule has 1 aromatic heterocycles. The molecule has 2 atom stereocenters. The Kier molecular flexibility index (Phi) is 2.42. The molecule has 0 N–H and O–H groups in total. The van der Waals surface area contributed by atoms with Gasteiger partial charge in [0.2, 0.25) is 0 Å². The highest BCUT2D eigenvalue weighted by molar-refractivity contribution is 5.85. The van der Waals surface area contributed by atoms with Crippen LogP contribution in [0.2, 0.25) is 0 Å². The van der Waals surface area contributed by atoms with Gasteiger partial charge in [0.05, 0.1) is 23.6 Å². The van der Waals surface area contributed by atoms with Crippen LogP contribution in [0.5, 0.6) is 0 Å². The molecule has 0 amide bonds. The van der Waals surface area contributed by atoms with Crippen LogP contribution in [0.4, 0.5) is 10.1 Å². The van der Waals surface area contributed by atoms with Crippen LogP contribution in [0.15, 0.2) is 12.4 Å².